The van der Waals surface area contributed by atoms with Gasteiger partial charge >= 0.3 is 5.69 Å². The fourth-order valence-electron chi connectivity index (χ4n) is 1.36. The summed E-state index contributed by atoms with van der Waals surface area (Å²) in [5.41, 5.74) is -2.71. The van der Waals surface area contributed by atoms with Crippen LogP contribution >= 0.6 is 27.5 Å². The third kappa shape index (κ3) is 2.11. The summed E-state index contributed by atoms with van der Waals surface area (Å²) < 4.78 is 27.6. The van der Waals surface area contributed by atoms with E-state index in [1.54, 1.807) is 0 Å². The van der Waals surface area contributed by atoms with Crippen molar-refractivity contribution in [1.29, 1.82) is 0 Å². The number of halogens is 4. The number of aromatic nitrogens is 2. The van der Waals surface area contributed by atoms with E-state index in [1.165, 1.54) is 12.1 Å². The standard InChI is InChI=1S/C10H4BrClF2N2O2/c11-4-1-2-5(13)6(3-4)16-9(17)7(14)8(12)15-10(16)18/h1-3H,(H,15,18). The number of benzene rings is 1. The van der Waals surface area contributed by atoms with Gasteiger partial charge in [-0.2, -0.15) is 4.39 Å². The molecule has 1 heterocycles. The van der Waals surface area contributed by atoms with Crippen molar-refractivity contribution in [1.82, 2.24) is 9.55 Å². The maximum absolute atomic E-state index is 13.6. The van der Waals surface area contributed by atoms with Crippen LogP contribution in [0.4, 0.5) is 8.78 Å². The number of hydrogen-bond acceptors (Lipinski definition) is 2. The van der Waals surface area contributed by atoms with E-state index < -0.39 is 28.0 Å². The Hall–Kier alpha value is -1.47. The molecule has 0 fully saturated rings. The molecular formula is C10H4BrClF2N2O2. The van der Waals surface area contributed by atoms with Crippen LogP contribution in [0.3, 0.4) is 0 Å². The Kier molecular flexibility index (Phi) is 3.36. The zero-order valence-corrected chi connectivity index (χ0v) is 10.8. The van der Waals surface area contributed by atoms with Gasteiger partial charge < -0.3 is 0 Å². The van der Waals surface area contributed by atoms with Gasteiger partial charge in [0.05, 0.1) is 5.69 Å². The van der Waals surface area contributed by atoms with Crippen molar-refractivity contribution in [3.8, 4) is 5.69 Å². The molecule has 0 aliphatic heterocycles. The van der Waals surface area contributed by atoms with Crippen LogP contribution in [0.2, 0.25) is 5.15 Å². The molecule has 0 radical (unpaired) electrons. The van der Waals surface area contributed by atoms with Crippen LogP contribution < -0.4 is 11.2 Å². The van der Waals surface area contributed by atoms with Gasteiger partial charge in [-0.15, -0.1) is 0 Å². The van der Waals surface area contributed by atoms with Crippen LogP contribution in [0.15, 0.2) is 32.3 Å². The van der Waals surface area contributed by atoms with E-state index in [1.807, 2.05) is 4.98 Å². The lowest BCUT2D eigenvalue weighted by atomic mass is 10.3. The molecular weight excluding hydrogens is 333 g/mol. The summed E-state index contributed by atoms with van der Waals surface area (Å²) in [7, 11) is 0. The zero-order valence-electron chi connectivity index (χ0n) is 8.51. The van der Waals surface area contributed by atoms with Crippen molar-refractivity contribution in [2.45, 2.75) is 0 Å². The number of hydrogen-bond donors (Lipinski definition) is 1. The van der Waals surface area contributed by atoms with Crippen molar-refractivity contribution in [2.75, 3.05) is 0 Å². The first-order valence-corrected chi connectivity index (χ1v) is 5.74. The Morgan fingerprint density at radius 3 is 2.61 bits per heavy atom. The predicted octanol–water partition coefficient (Wildman–Crippen LogP) is 2.22. The van der Waals surface area contributed by atoms with Crippen LogP contribution in [-0.2, 0) is 0 Å². The van der Waals surface area contributed by atoms with E-state index in [9.17, 15) is 18.4 Å². The molecule has 18 heavy (non-hydrogen) atoms. The molecule has 8 heteroatoms. The van der Waals surface area contributed by atoms with Crippen molar-refractivity contribution in [3.05, 3.63) is 60.3 Å². The Morgan fingerprint density at radius 1 is 1.28 bits per heavy atom. The normalized spacial score (nSPS) is 10.7. The first kappa shape index (κ1) is 13.0. The monoisotopic (exact) mass is 336 g/mol. The Bertz CT molecular complexity index is 742. The second-order valence-corrected chi connectivity index (χ2v) is 4.59. The third-order valence-corrected chi connectivity index (χ3v) is 2.91. The van der Waals surface area contributed by atoms with Crippen molar-refractivity contribution >= 4 is 27.5 Å². The van der Waals surface area contributed by atoms with Crippen LogP contribution in [-0.4, -0.2) is 9.55 Å². The Morgan fingerprint density at radius 2 is 1.94 bits per heavy atom. The predicted molar refractivity (Wildman–Crippen MR) is 65.3 cm³/mol. The fraction of sp³-hybridized carbons (Fsp3) is 0. The third-order valence-electron chi connectivity index (χ3n) is 2.15. The topological polar surface area (TPSA) is 54.9 Å². The zero-order chi connectivity index (χ0) is 13.4. The highest BCUT2D eigenvalue weighted by Crippen LogP contribution is 2.17. The van der Waals surface area contributed by atoms with E-state index in [0.29, 0.717) is 9.04 Å². The van der Waals surface area contributed by atoms with Gasteiger partial charge in [0.2, 0.25) is 5.82 Å². The van der Waals surface area contributed by atoms with Gasteiger partial charge in [-0.1, -0.05) is 27.5 Å². The molecule has 0 bridgehead atoms. The highest BCUT2D eigenvalue weighted by molar-refractivity contribution is 9.10. The summed E-state index contributed by atoms with van der Waals surface area (Å²) >= 11 is 8.36. The largest absolute Gasteiger partial charge is 0.334 e. The SMILES string of the molecule is O=c1[nH]c(Cl)c(F)c(=O)n1-c1cc(Br)ccc1F. The summed E-state index contributed by atoms with van der Waals surface area (Å²) in [5.74, 6) is -2.19. The van der Waals surface area contributed by atoms with Gasteiger partial charge in [-0.3, -0.25) is 9.78 Å². The van der Waals surface area contributed by atoms with Gasteiger partial charge in [0.1, 0.15) is 5.82 Å². The summed E-state index contributed by atoms with van der Waals surface area (Å²) in [5, 5.41) is -0.711. The lowest BCUT2D eigenvalue weighted by Gasteiger charge is -2.06. The fourth-order valence-corrected chi connectivity index (χ4v) is 1.88. The molecule has 0 saturated heterocycles. The first-order valence-electron chi connectivity index (χ1n) is 4.57. The van der Waals surface area contributed by atoms with Crippen molar-refractivity contribution in [2.24, 2.45) is 0 Å². The molecule has 4 nitrogen and oxygen atoms in total. The van der Waals surface area contributed by atoms with Gasteiger partial charge in [0, 0.05) is 4.47 Å². The summed E-state index contributed by atoms with van der Waals surface area (Å²) in [6.07, 6.45) is 0. The number of nitrogens with zero attached hydrogens (tertiary/aromatic N) is 1. The van der Waals surface area contributed by atoms with E-state index in [-0.39, 0.29) is 5.69 Å². The number of nitrogens with one attached hydrogen (secondary N) is 1. The van der Waals surface area contributed by atoms with Crippen LogP contribution in [0.25, 0.3) is 5.69 Å². The molecule has 94 valence electrons. The van der Waals surface area contributed by atoms with Crippen LogP contribution in [0.1, 0.15) is 0 Å². The molecule has 0 unspecified atom stereocenters. The molecule has 0 amide bonds. The lowest BCUT2D eigenvalue weighted by molar-refractivity contribution is 0.571. The van der Waals surface area contributed by atoms with E-state index in [2.05, 4.69) is 15.9 Å². The lowest BCUT2D eigenvalue weighted by Crippen LogP contribution is -2.36. The average molecular weight is 338 g/mol. The van der Waals surface area contributed by atoms with Crippen molar-refractivity contribution in [3.63, 3.8) is 0 Å². The maximum atomic E-state index is 13.6. The summed E-state index contributed by atoms with van der Waals surface area (Å²) in [4.78, 5) is 25.0. The Labute approximate surface area is 112 Å². The highest BCUT2D eigenvalue weighted by Gasteiger charge is 2.16. The van der Waals surface area contributed by atoms with Gasteiger partial charge in [0.25, 0.3) is 5.56 Å². The Balaban J connectivity index is 2.88. The van der Waals surface area contributed by atoms with Crippen LogP contribution in [0, 0.1) is 11.6 Å². The quantitative estimate of drug-likeness (QED) is 0.811. The summed E-state index contributed by atoms with van der Waals surface area (Å²) in [6.45, 7) is 0. The van der Waals surface area contributed by atoms with E-state index in [0.717, 1.165) is 6.07 Å². The minimum absolute atomic E-state index is 0.335. The number of H-pyrrole nitrogens is 1. The number of rotatable bonds is 1. The van der Waals surface area contributed by atoms with E-state index >= 15 is 0 Å². The average Bonchev–Trinajstić information content (AvgIpc) is 2.31. The molecule has 1 N–H and O–H groups in total. The molecule has 2 rings (SSSR count). The van der Waals surface area contributed by atoms with E-state index in [4.69, 9.17) is 11.6 Å². The molecule has 2 aromatic rings. The molecule has 0 aliphatic rings. The second-order valence-electron chi connectivity index (χ2n) is 3.29. The second kappa shape index (κ2) is 4.66. The molecule has 0 atom stereocenters. The minimum atomic E-state index is -1.35. The molecule has 0 saturated carbocycles. The minimum Gasteiger partial charge on any atom is -0.295 e. The maximum Gasteiger partial charge on any atom is 0.334 e. The molecule has 0 spiro atoms. The number of aromatic amines is 1. The molecule has 0 aliphatic carbocycles. The summed E-state index contributed by atoms with van der Waals surface area (Å²) in [6, 6.07) is 3.60. The van der Waals surface area contributed by atoms with Crippen LogP contribution in [0.5, 0.6) is 0 Å². The molecule has 1 aromatic heterocycles. The highest BCUT2D eigenvalue weighted by atomic mass is 79.9. The van der Waals surface area contributed by atoms with Gasteiger partial charge in [0.15, 0.2) is 5.15 Å². The van der Waals surface area contributed by atoms with Gasteiger partial charge in [-0.25, -0.2) is 13.8 Å². The first-order chi connectivity index (χ1) is 8.41. The smallest absolute Gasteiger partial charge is 0.295 e. The van der Waals surface area contributed by atoms with Gasteiger partial charge in [-0.05, 0) is 18.2 Å². The molecule has 1 aromatic carbocycles. The van der Waals surface area contributed by atoms with Crippen molar-refractivity contribution < 1.29 is 8.78 Å².